The van der Waals surface area contributed by atoms with Crippen LogP contribution in [0.4, 0.5) is 4.39 Å². The predicted octanol–water partition coefficient (Wildman–Crippen LogP) is 3.88. The van der Waals surface area contributed by atoms with Gasteiger partial charge in [0.2, 0.25) is 0 Å². The fourth-order valence-corrected chi connectivity index (χ4v) is 2.41. The Morgan fingerprint density at radius 3 is 2.52 bits per heavy atom. The van der Waals surface area contributed by atoms with Gasteiger partial charge < -0.3 is 9.64 Å². The van der Waals surface area contributed by atoms with Crippen LogP contribution in [0.5, 0.6) is 0 Å². The van der Waals surface area contributed by atoms with Gasteiger partial charge in [0.25, 0.3) is 5.91 Å². The molecule has 0 atom stereocenters. The van der Waals surface area contributed by atoms with Crippen LogP contribution in [0.2, 0.25) is 10.0 Å². The first kappa shape index (κ1) is 19.2. The molecular weight excluding hydrogens is 368 g/mol. The summed E-state index contributed by atoms with van der Waals surface area (Å²) < 4.78 is 18.6. The van der Waals surface area contributed by atoms with E-state index in [2.05, 4.69) is 0 Å². The molecule has 7 heteroatoms. The summed E-state index contributed by atoms with van der Waals surface area (Å²) in [5.41, 5.74) is 1.02. The molecule has 2 aromatic carbocycles. The molecule has 0 saturated heterocycles. The summed E-state index contributed by atoms with van der Waals surface area (Å²) in [4.78, 5) is 25.1. The quantitative estimate of drug-likeness (QED) is 0.711. The summed E-state index contributed by atoms with van der Waals surface area (Å²) in [7, 11) is 1.52. The van der Waals surface area contributed by atoms with E-state index < -0.39 is 24.3 Å². The number of hydrogen-bond donors (Lipinski definition) is 0. The molecule has 2 rings (SSSR count). The lowest BCUT2D eigenvalue weighted by atomic mass is 10.1. The number of carbonyl (C=O) groups is 2. The van der Waals surface area contributed by atoms with E-state index in [-0.39, 0.29) is 13.0 Å². The molecule has 0 heterocycles. The lowest BCUT2D eigenvalue weighted by Gasteiger charge is -2.17. The van der Waals surface area contributed by atoms with Crippen molar-refractivity contribution in [2.24, 2.45) is 0 Å². The Morgan fingerprint density at radius 2 is 1.84 bits per heavy atom. The van der Waals surface area contributed by atoms with Crippen molar-refractivity contribution in [2.45, 2.75) is 13.0 Å². The van der Waals surface area contributed by atoms with Crippen LogP contribution < -0.4 is 0 Å². The molecule has 4 nitrogen and oxygen atoms in total. The number of amides is 1. The SMILES string of the molecule is CN(Cc1ccccc1F)C(=O)COC(=O)Cc1ccc(Cl)c(Cl)c1. The van der Waals surface area contributed by atoms with E-state index in [1.807, 2.05) is 0 Å². The third kappa shape index (κ3) is 5.73. The molecule has 25 heavy (non-hydrogen) atoms. The second-order valence-corrected chi connectivity index (χ2v) is 6.24. The van der Waals surface area contributed by atoms with Crippen LogP contribution in [-0.4, -0.2) is 30.4 Å². The maximum Gasteiger partial charge on any atom is 0.310 e. The van der Waals surface area contributed by atoms with Gasteiger partial charge in [0, 0.05) is 19.2 Å². The van der Waals surface area contributed by atoms with Crippen molar-refractivity contribution in [2.75, 3.05) is 13.7 Å². The van der Waals surface area contributed by atoms with Gasteiger partial charge in [0.1, 0.15) is 5.82 Å². The summed E-state index contributed by atoms with van der Waals surface area (Å²) in [5.74, 6) is -1.38. The smallest absolute Gasteiger partial charge is 0.310 e. The van der Waals surface area contributed by atoms with Crippen LogP contribution in [0.25, 0.3) is 0 Å². The number of ether oxygens (including phenoxy) is 1. The number of likely N-dealkylation sites (N-methyl/N-ethyl adjacent to an activating group) is 1. The zero-order chi connectivity index (χ0) is 18.4. The van der Waals surface area contributed by atoms with E-state index in [1.165, 1.54) is 18.0 Å². The van der Waals surface area contributed by atoms with Crippen molar-refractivity contribution in [1.29, 1.82) is 0 Å². The van der Waals surface area contributed by atoms with Crippen molar-refractivity contribution >= 4 is 35.1 Å². The molecule has 132 valence electrons. The highest BCUT2D eigenvalue weighted by Gasteiger charge is 2.14. The van der Waals surface area contributed by atoms with E-state index in [1.54, 1.807) is 36.4 Å². The Bertz CT molecular complexity index is 783. The summed E-state index contributed by atoms with van der Waals surface area (Å²) in [6.45, 7) is -0.318. The maximum atomic E-state index is 13.6. The average molecular weight is 384 g/mol. The monoisotopic (exact) mass is 383 g/mol. The normalized spacial score (nSPS) is 10.4. The number of benzene rings is 2. The number of halogens is 3. The topological polar surface area (TPSA) is 46.6 Å². The molecule has 0 saturated carbocycles. The van der Waals surface area contributed by atoms with Crippen molar-refractivity contribution in [3.8, 4) is 0 Å². The van der Waals surface area contributed by atoms with E-state index in [0.29, 0.717) is 21.2 Å². The molecule has 0 aliphatic carbocycles. The Hall–Kier alpha value is -2.11. The number of carbonyl (C=O) groups excluding carboxylic acids is 2. The first-order valence-electron chi connectivity index (χ1n) is 7.43. The lowest BCUT2D eigenvalue weighted by molar-refractivity contribution is -0.151. The Labute approximate surface area is 155 Å². The van der Waals surface area contributed by atoms with Gasteiger partial charge in [-0.3, -0.25) is 9.59 Å². The lowest BCUT2D eigenvalue weighted by Crippen LogP contribution is -2.31. The van der Waals surface area contributed by atoms with Crippen LogP contribution in [0.3, 0.4) is 0 Å². The van der Waals surface area contributed by atoms with Crippen molar-refractivity contribution in [3.63, 3.8) is 0 Å². The van der Waals surface area contributed by atoms with Crippen molar-refractivity contribution in [3.05, 3.63) is 69.5 Å². The average Bonchev–Trinajstić information content (AvgIpc) is 2.58. The number of rotatable bonds is 6. The minimum Gasteiger partial charge on any atom is -0.455 e. The first-order valence-corrected chi connectivity index (χ1v) is 8.19. The third-order valence-electron chi connectivity index (χ3n) is 3.48. The van der Waals surface area contributed by atoms with E-state index >= 15 is 0 Å². The maximum absolute atomic E-state index is 13.6. The van der Waals surface area contributed by atoms with Gasteiger partial charge in [-0.1, -0.05) is 47.5 Å². The fraction of sp³-hybridized carbons (Fsp3) is 0.222. The molecule has 0 aliphatic heterocycles. The summed E-state index contributed by atoms with van der Waals surface area (Å²) in [6, 6.07) is 11.0. The van der Waals surface area contributed by atoms with Crippen LogP contribution in [0.15, 0.2) is 42.5 Å². The fourth-order valence-electron chi connectivity index (χ4n) is 2.09. The van der Waals surface area contributed by atoms with Crippen LogP contribution >= 0.6 is 23.2 Å². The zero-order valence-corrected chi connectivity index (χ0v) is 15.0. The number of esters is 1. The van der Waals surface area contributed by atoms with Crippen molar-refractivity contribution < 1.29 is 18.7 Å². The van der Waals surface area contributed by atoms with Crippen molar-refractivity contribution in [1.82, 2.24) is 4.90 Å². The van der Waals surface area contributed by atoms with Gasteiger partial charge in [0.05, 0.1) is 16.5 Å². The van der Waals surface area contributed by atoms with E-state index in [9.17, 15) is 14.0 Å². The molecule has 0 N–H and O–H groups in total. The van der Waals surface area contributed by atoms with Gasteiger partial charge >= 0.3 is 5.97 Å². The molecule has 0 radical (unpaired) electrons. The molecule has 1 amide bonds. The van der Waals surface area contributed by atoms with Gasteiger partial charge in [-0.05, 0) is 23.8 Å². The summed E-state index contributed by atoms with van der Waals surface area (Å²) in [5, 5.41) is 0.733. The molecule has 0 spiro atoms. The second kappa shape index (κ2) is 8.83. The molecule has 2 aromatic rings. The number of nitrogens with zero attached hydrogens (tertiary/aromatic N) is 1. The van der Waals surface area contributed by atoms with Gasteiger partial charge in [-0.15, -0.1) is 0 Å². The largest absolute Gasteiger partial charge is 0.455 e. The Morgan fingerprint density at radius 1 is 1.12 bits per heavy atom. The molecule has 0 unspecified atom stereocenters. The molecule has 0 aromatic heterocycles. The molecule has 0 aliphatic rings. The Kier molecular flexibility index (Phi) is 6.79. The minimum atomic E-state index is -0.564. The Balaban J connectivity index is 1.83. The number of hydrogen-bond acceptors (Lipinski definition) is 3. The molecular formula is C18H16Cl2FNO3. The highest BCUT2D eigenvalue weighted by atomic mass is 35.5. The van der Waals surface area contributed by atoms with Crippen LogP contribution in [-0.2, 0) is 27.3 Å². The first-order chi connectivity index (χ1) is 11.9. The third-order valence-corrected chi connectivity index (χ3v) is 4.22. The highest BCUT2D eigenvalue weighted by molar-refractivity contribution is 6.42. The van der Waals surface area contributed by atoms with Gasteiger partial charge in [0.15, 0.2) is 6.61 Å². The van der Waals surface area contributed by atoms with Crippen LogP contribution in [0.1, 0.15) is 11.1 Å². The second-order valence-electron chi connectivity index (χ2n) is 5.43. The van der Waals surface area contributed by atoms with Gasteiger partial charge in [-0.2, -0.15) is 0 Å². The molecule has 0 bridgehead atoms. The van der Waals surface area contributed by atoms with Gasteiger partial charge in [-0.25, -0.2) is 4.39 Å². The predicted molar refractivity (Wildman–Crippen MR) is 94.0 cm³/mol. The standard InChI is InChI=1S/C18H16Cl2FNO3/c1-22(10-13-4-2-3-5-16(13)21)17(23)11-25-18(24)9-12-6-7-14(19)15(20)8-12/h2-8H,9-11H2,1H3. The summed E-state index contributed by atoms with van der Waals surface area (Å²) in [6.07, 6.45) is -0.0266. The molecule has 0 fully saturated rings. The van der Waals surface area contributed by atoms with E-state index in [0.717, 1.165) is 0 Å². The van der Waals surface area contributed by atoms with E-state index in [4.69, 9.17) is 27.9 Å². The highest BCUT2D eigenvalue weighted by Crippen LogP contribution is 2.22. The van der Waals surface area contributed by atoms with Crippen LogP contribution in [0, 0.1) is 5.82 Å². The minimum absolute atomic E-state index is 0.0266. The zero-order valence-electron chi connectivity index (χ0n) is 13.5. The summed E-state index contributed by atoms with van der Waals surface area (Å²) >= 11 is 11.7.